The third-order valence-electron chi connectivity index (χ3n) is 6.19. The molecule has 164 valence electrons. The molecule has 0 saturated heterocycles. The molecule has 0 atom stereocenters. The summed E-state index contributed by atoms with van der Waals surface area (Å²) < 4.78 is 0. The molecule has 0 aromatic heterocycles. The molecule has 2 N–H and O–H groups in total. The van der Waals surface area contributed by atoms with Crippen molar-refractivity contribution in [2.45, 2.75) is 98.3 Å². The van der Waals surface area contributed by atoms with Crippen LogP contribution in [0.15, 0.2) is 30.3 Å². The number of aryl methyl sites for hydroxylation is 2. The van der Waals surface area contributed by atoms with E-state index in [2.05, 4.69) is 92.6 Å². The van der Waals surface area contributed by atoms with Gasteiger partial charge in [-0.2, -0.15) is 0 Å². The minimum Gasteiger partial charge on any atom is -0.366 e. The van der Waals surface area contributed by atoms with E-state index >= 15 is 0 Å². The summed E-state index contributed by atoms with van der Waals surface area (Å²) in [6.45, 7) is 20.0. The summed E-state index contributed by atoms with van der Waals surface area (Å²) in [5, 5.41) is 0. The van der Waals surface area contributed by atoms with Gasteiger partial charge in [-0.1, -0.05) is 86.6 Å². The molecule has 2 heteroatoms. The minimum atomic E-state index is -0.329. The van der Waals surface area contributed by atoms with E-state index in [0.29, 0.717) is 11.5 Å². The van der Waals surface area contributed by atoms with E-state index in [-0.39, 0.29) is 16.7 Å². The zero-order valence-corrected chi connectivity index (χ0v) is 20.6. The van der Waals surface area contributed by atoms with Gasteiger partial charge in [0.15, 0.2) is 0 Å². The zero-order chi connectivity index (χ0) is 22.9. The van der Waals surface area contributed by atoms with E-state index in [4.69, 9.17) is 5.73 Å². The molecule has 0 aliphatic carbocycles. The van der Waals surface area contributed by atoms with Crippen LogP contribution in [-0.4, -0.2) is 5.91 Å². The number of benzene rings is 2. The summed E-state index contributed by atoms with van der Waals surface area (Å²) in [5.41, 5.74) is 14.2. The predicted molar refractivity (Wildman–Crippen MR) is 130 cm³/mol. The molecule has 0 spiro atoms. The quantitative estimate of drug-likeness (QED) is 0.536. The zero-order valence-electron chi connectivity index (χ0n) is 20.6. The summed E-state index contributed by atoms with van der Waals surface area (Å²) in [7, 11) is 0. The van der Waals surface area contributed by atoms with E-state index in [1.165, 1.54) is 27.8 Å². The molecule has 0 radical (unpaired) electrons. The van der Waals surface area contributed by atoms with Crippen LogP contribution in [-0.2, 0) is 30.1 Å². The van der Waals surface area contributed by atoms with Gasteiger partial charge >= 0.3 is 0 Å². The molecule has 0 aliphatic rings. The normalized spacial score (nSPS) is 12.5. The van der Waals surface area contributed by atoms with Gasteiger partial charge in [0.2, 0.25) is 5.91 Å². The van der Waals surface area contributed by atoms with Crippen LogP contribution >= 0.6 is 0 Å². The van der Waals surface area contributed by atoms with Crippen molar-refractivity contribution in [1.29, 1.82) is 0 Å². The Morgan fingerprint density at radius 2 is 1.47 bits per heavy atom. The molecular formula is C28H41NO. The first-order valence-corrected chi connectivity index (χ1v) is 11.4. The van der Waals surface area contributed by atoms with E-state index in [0.717, 1.165) is 24.8 Å². The number of rotatable bonds is 7. The van der Waals surface area contributed by atoms with Crippen molar-refractivity contribution >= 4 is 5.91 Å². The van der Waals surface area contributed by atoms with E-state index in [1.807, 2.05) is 0 Å². The number of carbonyl (C=O) groups excluding carboxylic acids is 1. The highest BCUT2D eigenvalue weighted by molar-refractivity contribution is 5.95. The lowest BCUT2D eigenvalue weighted by atomic mass is 9.72. The van der Waals surface area contributed by atoms with Gasteiger partial charge in [0, 0.05) is 5.56 Å². The lowest BCUT2D eigenvalue weighted by Crippen LogP contribution is -2.27. The van der Waals surface area contributed by atoms with Crippen molar-refractivity contribution in [2.24, 2.45) is 5.73 Å². The summed E-state index contributed by atoms with van der Waals surface area (Å²) in [4.78, 5) is 12.5. The molecule has 0 unspecified atom stereocenters. The van der Waals surface area contributed by atoms with Gasteiger partial charge in [0.25, 0.3) is 0 Å². The number of carbonyl (C=O) groups is 1. The smallest absolute Gasteiger partial charge is 0.249 e. The highest BCUT2D eigenvalue weighted by Crippen LogP contribution is 2.38. The second kappa shape index (κ2) is 8.96. The van der Waals surface area contributed by atoms with Gasteiger partial charge in [-0.25, -0.2) is 0 Å². The van der Waals surface area contributed by atoms with Gasteiger partial charge < -0.3 is 5.73 Å². The fraction of sp³-hybridized carbons (Fsp3) is 0.536. The molecule has 0 fully saturated rings. The average molecular weight is 408 g/mol. The van der Waals surface area contributed by atoms with Crippen LogP contribution in [0.5, 0.6) is 0 Å². The largest absolute Gasteiger partial charge is 0.366 e. The molecule has 1 amide bonds. The molecule has 0 aliphatic heterocycles. The number of hydrogen-bond donors (Lipinski definition) is 1. The number of nitrogens with two attached hydrogens (primary N) is 1. The van der Waals surface area contributed by atoms with Crippen molar-refractivity contribution in [1.82, 2.24) is 0 Å². The highest BCUT2D eigenvalue weighted by Gasteiger charge is 2.30. The molecule has 2 rings (SSSR count). The number of amides is 1. The third-order valence-corrected chi connectivity index (χ3v) is 6.19. The molecule has 0 heterocycles. The third kappa shape index (κ3) is 4.96. The summed E-state index contributed by atoms with van der Waals surface area (Å²) in [5.74, 6) is -0.000736. The predicted octanol–water partition coefficient (Wildman–Crippen LogP) is 6.85. The Morgan fingerprint density at radius 1 is 0.933 bits per heavy atom. The first kappa shape index (κ1) is 24.2. The number of hydrogen-bond acceptors (Lipinski definition) is 1. The number of primary amides is 1. The molecule has 30 heavy (non-hydrogen) atoms. The Kier molecular flexibility index (Phi) is 7.22. The first-order chi connectivity index (χ1) is 13.8. The Morgan fingerprint density at radius 3 is 1.87 bits per heavy atom. The topological polar surface area (TPSA) is 43.1 Å². The molecular weight excluding hydrogens is 366 g/mol. The maximum absolute atomic E-state index is 12.5. The summed E-state index contributed by atoms with van der Waals surface area (Å²) in [6.07, 6.45) is 2.93. The van der Waals surface area contributed by atoms with Gasteiger partial charge in [-0.05, 0) is 75.5 Å². The van der Waals surface area contributed by atoms with Crippen LogP contribution in [0.25, 0.3) is 0 Å². The van der Waals surface area contributed by atoms with E-state index in [1.54, 1.807) is 0 Å². The minimum absolute atomic E-state index is 0.0373. The van der Waals surface area contributed by atoms with Crippen molar-refractivity contribution in [3.63, 3.8) is 0 Å². The van der Waals surface area contributed by atoms with Crippen LogP contribution in [0.2, 0.25) is 0 Å². The molecule has 2 aromatic rings. The molecule has 2 aromatic carbocycles. The Bertz CT molecular complexity index is 891. The lowest BCUT2D eigenvalue weighted by molar-refractivity contribution is 0.0998. The maximum Gasteiger partial charge on any atom is 0.249 e. The van der Waals surface area contributed by atoms with E-state index in [9.17, 15) is 4.79 Å². The Labute approximate surface area is 184 Å². The van der Waals surface area contributed by atoms with Gasteiger partial charge in [-0.3, -0.25) is 4.79 Å². The molecule has 2 nitrogen and oxygen atoms in total. The van der Waals surface area contributed by atoms with Crippen molar-refractivity contribution in [3.8, 4) is 0 Å². The monoisotopic (exact) mass is 407 g/mol. The summed E-state index contributed by atoms with van der Waals surface area (Å²) >= 11 is 0. The lowest BCUT2D eigenvalue weighted by Gasteiger charge is -2.32. The van der Waals surface area contributed by atoms with Crippen molar-refractivity contribution in [3.05, 3.63) is 69.3 Å². The standard InChI is InChI=1S/C28H41NO/c1-10-20-13-12-14-21(11-2)24(20)28(8,9)17-19-15-22(18(3)4)25(27(5,6)7)23(16-19)26(29)30/h12-16,18H,10-11,17H2,1-9H3,(H2,29,30). The van der Waals surface area contributed by atoms with E-state index < -0.39 is 0 Å². The molecule has 0 saturated carbocycles. The van der Waals surface area contributed by atoms with Gasteiger partial charge in [0.05, 0.1) is 0 Å². The Balaban J connectivity index is 2.68. The fourth-order valence-electron chi connectivity index (χ4n) is 5.03. The van der Waals surface area contributed by atoms with Crippen LogP contribution in [0.4, 0.5) is 0 Å². The van der Waals surface area contributed by atoms with Gasteiger partial charge in [0.1, 0.15) is 0 Å². The first-order valence-electron chi connectivity index (χ1n) is 11.4. The Hall–Kier alpha value is -2.09. The van der Waals surface area contributed by atoms with Crippen LogP contribution < -0.4 is 5.73 Å². The van der Waals surface area contributed by atoms with Crippen molar-refractivity contribution < 1.29 is 4.79 Å². The van der Waals surface area contributed by atoms with Crippen LogP contribution in [0, 0.1) is 0 Å². The maximum atomic E-state index is 12.5. The van der Waals surface area contributed by atoms with Crippen LogP contribution in [0.3, 0.4) is 0 Å². The van der Waals surface area contributed by atoms with Crippen molar-refractivity contribution in [2.75, 3.05) is 0 Å². The van der Waals surface area contributed by atoms with Gasteiger partial charge in [-0.15, -0.1) is 0 Å². The second-order valence-electron chi connectivity index (χ2n) is 10.6. The molecule has 0 bridgehead atoms. The highest BCUT2D eigenvalue weighted by atomic mass is 16.1. The fourth-order valence-corrected chi connectivity index (χ4v) is 5.03. The van der Waals surface area contributed by atoms with Crippen LogP contribution in [0.1, 0.15) is 112 Å². The second-order valence-corrected chi connectivity index (χ2v) is 10.6. The average Bonchev–Trinajstić information content (AvgIpc) is 2.65. The summed E-state index contributed by atoms with van der Waals surface area (Å²) in [6, 6.07) is 11.1. The SMILES string of the molecule is CCc1cccc(CC)c1C(C)(C)Cc1cc(C(N)=O)c(C(C)(C)C)c(C(C)C)c1.